The molecule has 0 aliphatic heterocycles. The summed E-state index contributed by atoms with van der Waals surface area (Å²) in [6.45, 7) is 4.51. The summed E-state index contributed by atoms with van der Waals surface area (Å²) in [7, 11) is 0. The lowest BCUT2D eigenvalue weighted by molar-refractivity contribution is -0.140. The van der Waals surface area contributed by atoms with Crippen LogP contribution < -0.4 is 4.74 Å². The third kappa shape index (κ3) is 10.6. The molecule has 0 radical (unpaired) electrons. The topological polar surface area (TPSA) is 39.2 Å². The molecule has 0 spiro atoms. The fourth-order valence-electron chi connectivity index (χ4n) is 6.38. The first-order chi connectivity index (χ1) is 17.2. The predicted molar refractivity (Wildman–Crippen MR) is 147 cm³/mol. The van der Waals surface area contributed by atoms with E-state index in [1.165, 1.54) is 109 Å². The maximum absolute atomic E-state index is 12.7. The van der Waals surface area contributed by atoms with Crippen LogP contribution in [-0.2, 0) is 11.2 Å². The minimum atomic E-state index is -0.0444. The molecule has 2 aliphatic rings. The van der Waals surface area contributed by atoms with Crippen molar-refractivity contribution in [3.8, 4) is 5.75 Å². The van der Waals surface area contributed by atoms with Crippen LogP contribution in [0.1, 0.15) is 142 Å². The zero-order valence-corrected chi connectivity index (χ0v) is 22.9. The van der Waals surface area contributed by atoms with Gasteiger partial charge in [-0.1, -0.05) is 104 Å². The Morgan fingerprint density at radius 2 is 1.31 bits per heavy atom. The quantitative estimate of drug-likeness (QED) is 0.184. The summed E-state index contributed by atoms with van der Waals surface area (Å²) < 4.78 is 5.68. The third-order valence-electron chi connectivity index (χ3n) is 8.90. The number of aryl methyl sites for hydroxylation is 1. The van der Waals surface area contributed by atoms with Gasteiger partial charge in [0.1, 0.15) is 5.75 Å². The van der Waals surface area contributed by atoms with E-state index in [9.17, 15) is 4.79 Å². The molecule has 3 heteroatoms. The van der Waals surface area contributed by atoms with Crippen LogP contribution in [0.4, 0.5) is 0 Å². The number of esters is 1. The number of aromatic nitrogens is 1. The minimum Gasteiger partial charge on any atom is -0.425 e. The molecule has 2 fully saturated rings. The average molecular weight is 484 g/mol. The SMILES string of the molecule is CCCCCCCC1CCC(CCC2CCC(C(=O)Oc3ccc(CCCCC)nc3)CC2)CC1. The second kappa shape index (κ2) is 16.4. The van der Waals surface area contributed by atoms with Crippen LogP contribution in [-0.4, -0.2) is 11.0 Å². The van der Waals surface area contributed by atoms with Crippen molar-refractivity contribution in [1.82, 2.24) is 4.98 Å². The second-order valence-corrected chi connectivity index (χ2v) is 11.7. The molecule has 0 atom stereocenters. The van der Waals surface area contributed by atoms with Crippen molar-refractivity contribution in [2.75, 3.05) is 0 Å². The normalized spacial score (nSPS) is 24.9. The molecular formula is C32H53NO2. The van der Waals surface area contributed by atoms with E-state index in [0.29, 0.717) is 5.75 Å². The van der Waals surface area contributed by atoms with Gasteiger partial charge < -0.3 is 4.74 Å². The molecular weight excluding hydrogens is 430 g/mol. The number of nitrogens with zero attached hydrogens (tertiary/aromatic N) is 1. The van der Waals surface area contributed by atoms with E-state index >= 15 is 0 Å². The van der Waals surface area contributed by atoms with Gasteiger partial charge in [0, 0.05) is 5.69 Å². The number of hydrogen-bond acceptors (Lipinski definition) is 3. The molecule has 1 aromatic heterocycles. The number of pyridine rings is 1. The van der Waals surface area contributed by atoms with Crippen molar-refractivity contribution < 1.29 is 9.53 Å². The highest BCUT2D eigenvalue weighted by molar-refractivity contribution is 5.75. The standard InChI is InChI=1S/C32H53NO2/c1-3-5-7-8-10-11-26-13-15-27(16-14-26)17-18-28-19-21-29(22-20-28)32(34)35-31-24-23-30(33-25-31)12-9-6-4-2/h23-29H,3-22H2,1-2H3. The van der Waals surface area contributed by atoms with Crippen molar-refractivity contribution in [2.24, 2.45) is 23.7 Å². The lowest BCUT2D eigenvalue weighted by Gasteiger charge is -2.31. The van der Waals surface area contributed by atoms with Crippen molar-refractivity contribution in [2.45, 2.75) is 142 Å². The summed E-state index contributed by atoms with van der Waals surface area (Å²) in [4.78, 5) is 17.2. The van der Waals surface area contributed by atoms with Crippen molar-refractivity contribution in [3.05, 3.63) is 24.0 Å². The number of hydrogen-bond donors (Lipinski definition) is 0. The number of carbonyl (C=O) groups excluding carboxylic acids is 1. The average Bonchev–Trinajstić information content (AvgIpc) is 2.89. The molecule has 3 rings (SSSR count). The van der Waals surface area contributed by atoms with Gasteiger partial charge in [0.15, 0.2) is 0 Å². The van der Waals surface area contributed by atoms with Crippen molar-refractivity contribution in [1.29, 1.82) is 0 Å². The Morgan fingerprint density at radius 3 is 1.91 bits per heavy atom. The fourth-order valence-corrected chi connectivity index (χ4v) is 6.38. The van der Waals surface area contributed by atoms with Crippen LogP contribution in [0.3, 0.4) is 0 Å². The highest BCUT2D eigenvalue weighted by Gasteiger charge is 2.29. The summed E-state index contributed by atoms with van der Waals surface area (Å²) in [6, 6.07) is 3.93. The van der Waals surface area contributed by atoms with Crippen LogP contribution in [0.15, 0.2) is 18.3 Å². The second-order valence-electron chi connectivity index (χ2n) is 11.7. The van der Waals surface area contributed by atoms with E-state index in [4.69, 9.17) is 4.74 Å². The number of ether oxygens (including phenoxy) is 1. The molecule has 1 aromatic rings. The lowest BCUT2D eigenvalue weighted by Crippen LogP contribution is -2.26. The monoisotopic (exact) mass is 483 g/mol. The van der Waals surface area contributed by atoms with Crippen LogP contribution in [0, 0.1) is 23.7 Å². The van der Waals surface area contributed by atoms with E-state index in [1.807, 2.05) is 12.1 Å². The van der Waals surface area contributed by atoms with Gasteiger partial charge in [-0.2, -0.15) is 0 Å². The number of unbranched alkanes of at least 4 members (excludes halogenated alkanes) is 6. The number of carbonyl (C=O) groups is 1. The largest absolute Gasteiger partial charge is 0.425 e. The summed E-state index contributed by atoms with van der Waals surface area (Å²) in [5, 5.41) is 0. The minimum absolute atomic E-state index is 0.0444. The molecule has 2 saturated carbocycles. The zero-order chi connectivity index (χ0) is 24.7. The highest BCUT2D eigenvalue weighted by atomic mass is 16.5. The number of rotatable bonds is 15. The maximum atomic E-state index is 12.7. The molecule has 2 aliphatic carbocycles. The van der Waals surface area contributed by atoms with Crippen LogP contribution >= 0.6 is 0 Å². The summed E-state index contributed by atoms with van der Waals surface area (Å²) in [5.41, 5.74) is 1.09. The van der Waals surface area contributed by atoms with Gasteiger partial charge in [0.05, 0.1) is 12.1 Å². The van der Waals surface area contributed by atoms with Gasteiger partial charge in [-0.3, -0.25) is 9.78 Å². The first-order valence-electron chi connectivity index (χ1n) is 15.3. The van der Waals surface area contributed by atoms with Crippen LogP contribution in [0.5, 0.6) is 5.75 Å². The van der Waals surface area contributed by atoms with Gasteiger partial charge in [-0.05, 0) is 68.4 Å². The Balaban J connectivity index is 1.25. The maximum Gasteiger partial charge on any atom is 0.314 e. The molecule has 0 unspecified atom stereocenters. The van der Waals surface area contributed by atoms with Gasteiger partial charge in [0.25, 0.3) is 0 Å². The Morgan fingerprint density at radius 1 is 0.743 bits per heavy atom. The molecule has 0 bridgehead atoms. The Hall–Kier alpha value is -1.38. The van der Waals surface area contributed by atoms with Crippen molar-refractivity contribution in [3.63, 3.8) is 0 Å². The van der Waals surface area contributed by atoms with E-state index in [2.05, 4.69) is 18.8 Å². The molecule has 0 aromatic carbocycles. The summed E-state index contributed by atoms with van der Waals surface area (Å²) >= 11 is 0. The lowest BCUT2D eigenvalue weighted by atomic mass is 9.75. The van der Waals surface area contributed by atoms with Gasteiger partial charge in [-0.25, -0.2) is 0 Å². The van der Waals surface area contributed by atoms with Crippen LogP contribution in [0.25, 0.3) is 0 Å². The molecule has 0 saturated heterocycles. The Labute approximate surface area is 216 Å². The Bertz CT molecular complexity index is 684. The van der Waals surface area contributed by atoms with E-state index in [-0.39, 0.29) is 11.9 Å². The van der Waals surface area contributed by atoms with Gasteiger partial charge >= 0.3 is 5.97 Å². The fraction of sp³-hybridized carbons (Fsp3) is 0.812. The molecule has 0 N–H and O–H groups in total. The van der Waals surface area contributed by atoms with Gasteiger partial charge in [-0.15, -0.1) is 0 Å². The first-order valence-corrected chi connectivity index (χ1v) is 15.3. The Kier molecular flexibility index (Phi) is 13.2. The zero-order valence-electron chi connectivity index (χ0n) is 22.9. The summed E-state index contributed by atoms with van der Waals surface area (Å²) in [6.07, 6.45) is 28.0. The third-order valence-corrected chi connectivity index (χ3v) is 8.90. The van der Waals surface area contributed by atoms with Crippen molar-refractivity contribution >= 4 is 5.97 Å². The molecule has 35 heavy (non-hydrogen) atoms. The predicted octanol–water partition coefficient (Wildman–Crippen LogP) is 9.47. The van der Waals surface area contributed by atoms with E-state index < -0.39 is 0 Å². The van der Waals surface area contributed by atoms with E-state index in [0.717, 1.165) is 42.7 Å². The first kappa shape index (κ1) is 28.2. The summed E-state index contributed by atoms with van der Waals surface area (Å²) in [5.74, 6) is 3.43. The molecule has 0 amide bonds. The molecule has 198 valence electrons. The van der Waals surface area contributed by atoms with E-state index in [1.54, 1.807) is 6.20 Å². The molecule has 3 nitrogen and oxygen atoms in total. The molecule has 1 heterocycles. The highest BCUT2D eigenvalue weighted by Crippen LogP contribution is 2.38. The smallest absolute Gasteiger partial charge is 0.314 e. The van der Waals surface area contributed by atoms with Gasteiger partial charge in [0.2, 0.25) is 0 Å². The van der Waals surface area contributed by atoms with Crippen LogP contribution in [0.2, 0.25) is 0 Å².